The maximum absolute atomic E-state index is 12.2. The second-order valence-corrected chi connectivity index (χ2v) is 4.58. The van der Waals surface area contributed by atoms with Gasteiger partial charge in [0, 0.05) is 13.2 Å². The van der Waals surface area contributed by atoms with Crippen molar-refractivity contribution in [3.63, 3.8) is 0 Å². The van der Waals surface area contributed by atoms with Crippen LogP contribution in [0.4, 0.5) is 5.69 Å². The van der Waals surface area contributed by atoms with E-state index in [1.807, 2.05) is 6.92 Å². The van der Waals surface area contributed by atoms with E-state index in [-0.39, 0.29) is 12.3 Å². The summed E-state index contributed by atoms with van der Waals surface area (Å²) in [6.45, 7) is 1.93. The van der Waals surface area contributed by atoms with Gasteiger partial charge in [0.25, 0.3) is 5.91 Å². The standard InChI is InChI=1S/C14H16N4O3/c1-3-12-11(8-18(2)17-12)14(21)16-10-5-4-9(15-7-10)6-13(19)20/h4-5,7-8H,3,6H2,1-2H3,(H,16,21)(H,19,20). The predicted molar refractivity (Wildman–Crippen MR) is 76.1 cm³/mol. The number of carboxylic acids is 1. The van der Waals surface area contributed by atoms with E-state index in [1.54, 1.807) is 30.1 Å². The van der Waals surface area contributed by atoms with Gasteiger partial charge in [-0.25, -0.2) is 0 Å². The first-order valence-corrected chi connectivity index (χ1v) is 6.50. The lowest BCUT2D eigenvalue weighted by molar-refractivity contribution is -0.136. The first-order chi connectivity index (χ1) is 9.99. The molecular weight excluding hydrogens is 272 g/mol. The van der Waals surface area contributed by atoms with Gasteiger partial charge in [0.15, 0.2) is 0 Å². The van der Waals surface area contributed by atoms with Crippen LogP contribution < -0.4 is 5.32 Å². The highest BCUT2D eigenvalue weighted by Gasteiger charge is 2.14. The second kappa shape index (κ2) is 6.17. The molecule has 7 heteroatoms. The van der Waals surface area contributed by atoms with Crippen molar-refractivity contribution >= 4 is 17.6 Å². The number of anilines is 1. The molecule has 0 spiro atoms. The molecule has 0 atom stereocenters. The van der Waals surface area contributed by atoms with Gasteiger partial charge >= 0.3 is 5.97 Å². The Labute approximate surface area is 121 Å². The number of pyridine rings is 1. The van der Waals surface area contributed by atoms with E-state index >= 15 is 0 Å². The van der Waals surface area contributed by atoms with Crippen molar-refractivity contribution in [1.82, 2.24) is 14.8 Å². The molecule has 21 heavy (non-hydrogen) atoms. The Morgan fingerprint density at radius 1 is 1.38 bits per heavy atom. The van der Waals surface area contributed by atoms with Crippen LogP contribution in [-0.2, 0) is 24.7 Å². The third kappa shape index (κ3) is 3.65. The molecule has 0 aliphatic carbocycles. The Hall–Kier alpha value is -2.70. The first-order valence-electron chi connectivity index (χ1n) is 6.50. The molecule has 0 unspecified atom stereocenters. The first kappa shape index (κ1) is 14.7. The number of hydrogen-bond acceptors (Lipinski definition) is 4. The van der Waals surface area contributed by atoms with E-state index in [0.29, 0.717) is 23.4 Å². The van der Waals surface area contributed by atoms with Gasteiger partial charge in [0.1, 0.15) is 0 Å². The Morgan fingerprint density at radius 3 is 2.71 bits per heavy atom. The largest absolute Gasteiger partial charge is 0.481 e. The van der Waals surface area contributed by atoms with E-state index < -0.39 is 5.97 Å². The Morgan fingerprint density at radius 2 is 2.14 bits per heavy atom. The number of carbonyl (C=O) groups is 2. The molecule has 0 bridgehead atoms. The Balaban J connectivity index is 2.10. The fourth-order valence-corrected chi connectivity index (χ4v) is 1.94. The summed E-state index contributed by atoms with van der Waals surface area (Å²) in [7, 11) is 1.76. The zero-order valence-corrected chi connectivity index (χ0v) is 11.8. The summed E-state index contributed by atoms with van der Waals surface area (Å²) < 4.78 is 1.60. The van der Waals surface area contributed by atoms with Gasteiger partial charge in [-0.1, -0.05) is 6.92 Å². The number of carbonyl (C=O) groups excluding carboxylic acids is 1. The minimum atomic E-state index is -0.942. The van der Waals surface area contributed by atoms with Gasteiger partial charge in [-0.15, -0.1) is 0 Å². The van der Waals surface area contributed by atoms with E-state index in [9.17, 15) is 9.59 Å². The lowest BCUT2D eigenvalue weighted by Gasteiger charge is -2.05. The fraction of sp³-hybridized carbons (Fsp3) is 0.286. The maximum atomic E-state index is 12.2. The molecule has 2 N–H and O–H groups in total. The SMILES string of the molecule is CCc1nn(C)cc1C(=O)Nc1ccc(CC(=O)O)nc1. The molecule has 0 radical (unpaired) electrons. The third-order valence-corrected chi connectivity index (χ3v) is 2.90. The smallest absolute Gasteiger partial charge is 0.309 e. The van der Waals surface area contributed by atoms with Crippen molar-refractivity contribution in [3.8, 4) is 0 Å². The van der Waals surface area contributed by atoms with Crippen LogP contribution in [0.25, 0.3) is 0 Å². The summed E-state index contributed by atoms with van der Waals surface area (Å²) in [6.07, 6.45) is 3.63. The predicted octanol–water partition coefficient (Wildman–Crippen LogP) is 1.26. The minimum absolute atomic E-state index is 0.142. The number of hydrogen-bond donors (Lipinski definition) is 2. The van der Waals surface area contributed by atoms with Gasteiger partial charge in [-0.3, -0.25) is 19.3 Å². The van der Waals surface area contributed by atoms with Crippen LogP contribution in [0.2, 0.25) is 0 Å². The van der Waals surface area contributed by atoms with Crippen LogP contribution in [0, 0.1) is 0 Å². The van der Waals surface area contributed by atoms with Gasteiger partial charge in [-0.05, 0) is 18.6 Å². The van der Waals surface area contributed by atoms with E-state index in [1.165, 1.54) is 6.20 Å². The van der Waals surface area contributed by atoms with Crippen molar-refractivity contribution in [2.75, 3.05) is 5.32 Å². The van der Waals surface area contributed by atoms with Gasteiger partial charge in [-0.2, -0.15) is 5.10 Å². The number of nitrogens with one attached hydrogen (secondary N) is 1. The molecule has 2 heterocycles. The molecule has 0 saturated carbocycles. The number of aliphatic carboxylic acids is 1. The van der Waals surface area contributed by atoms with E-state index in [4.69, 9.17) is 5.11 Å². The average Bonchev–Trinajstić information content (AvgIpc) is 2.82. The minimum Gasteiger partial charge on any atom is -0.481 e. The highest BCUT2D eigenvalue weighted by molar-refractivity contribution is 6.04. The topological polar surface area (TPSA) is 97.1 Å². The molecule has 0 aromatic carbocycles. The monoisotopic (exact) mass is 288 g/mol. The Kier molecular flexibility index (Phi) is 4.32. The summed E-state index contributed by atoms with van der Waals surface area (Å²) in [5.41, 5.74) is 2.20. The van der Waals surface area contributed by atoms with Crippen molar-refractivity contribution in [1.29, 1.82) is 0 Å². The highest BCUT2D eigenvalue weighted by Crippen LogP contribution is 2.12. The molecule has 0 aliphatic heterocycles. The number of carboxylic acid groups (broad SMARTS) is 1. The molecule has 110 valence electrons. The number of amides is 1. The summed E-state index contributed by atoms with van der Waals surface area (Å²) in [5.74, 6) is -1.20. The molecular formula is C14H16N4O3. The Bertz CT molecular complexity index is 661. The number of aromatic nitrogens is 3. The van der Waals surface area contributed by atoms with Gasteiger partial charge < -0.3 is 10.4 Å². The van der Waals surface area contributed by atoms with Gasteiger partial charge in [0.2, 0.25) is 0 Å². The zero-order chi connectivity index (χ0) is 15.4. The molecule has 2 aromatic rings. The van der Waals surface area contributed by atoms with Crippen molar-refractivity contribution in [3.05, 3.63) is 41.5 Å². The van der Waals surface area contributed by atoms with Crippen LogP contribution in [0.5, 0.6) is 0 Å². The number of rotatable bonds is 5. The summed E-state index contributed by atoms with van der Waals surface area (Å²) in [6, 6.07) is 3.21. The highest BCUT2D eigenvalue weighted by atomic mass is 16.4. The molecule has 0 saturated heterocycles. The van der Waals surface area contributed by atoms with Crippen LogP contribution in [-0.4, -0.2) is 31.7 Å². The lowest BCUT2D eigenvalue weighted by Crippen LogP contribution is -2.13. The maximum Gasteiger partial charge on any atom is 0.309 e. The third-order valence-electron chi connectivity index (χ3n) is 2.90. The molecule has 2 aromatic heterocycles. The van der Waals surface area contributed by atoms with E-state index in [0.717, 1.165) is 5.69 Å². The van der Waals surface area contributed by atoms with Crippen LogP contribution in [0.1, 0.15) is 28.7 Å². The van der Waals surface area contributed by atoms with Crippen LogP contribution in [0.3, 0.4) is 0 Å². The van der Waals surface area contributed by atoms with E-state index in [2.05, 4.69) is 15.4 Å². The molecule has 7 nitrogen and oxygen atoms in total. The normalized spacial score (nSPS) is 10.4. The molecule has 2 rings (SSSR count). The average molecular weight is 288 g/mol. The van der Waals surface area contributed by atoms with Crippen molar-refractivity contribution < 1.29 is 14.7 Å². The summed E-state index contributed by atoms with van der Waals surface area (Å²) >= 11 is 0. The lowest BCUT2D eigenvalue weighted by atomic mass is 10.2. The number of aryl methyl sites for hydroxylation is 2. The van der Waals surface area contributed by atoms with Crippen molar-refractivity contribution in [2.24, 2.45) is 7.05 Å². The summed E-state index contributed by atoms with van der Waals surface area (Å²) in [5, 5.41) is 15.6. The molecule has 1 amide bonds. The fourth-order valence-electron chi connectivity index (χ4n) is 1.94. The quantitative estimate of drug-likeness (QED) is 0.863. The number of nitrogens with zero attached hydrogens (tertiary/aromatic N) is 3. The molecule has 0 aliphatic rings. The molecule has 0 fully saturated rings. The van der Waals surface area contributed by atoms with Crippen LogP contribution in [0.15, 0.2) is 24.5 Å². The van der Waals surface area contributed by atoms with Gasteiger partial charge in [0.05, 0.1) is 35.3 Å². The second-order valence-electron chi connectivity index (χ2n) is 4.58. The van der Waals surface area contributed by atoms with Crippen LogP contribution >= 0.6 is 0 Å². The zero-order valence-electron chi connectivity index (χ0n) is 11.8. The summed E-state index contributed by atoms with van der Waals surface area (Å²) in [4.78, 5) is 26.8. The van der Waals surface area contributed by atoms with Crippen molar-refractivity contribution in [2.45, 2.75) is 19.8 Å².